The molecular weight excluding hydrogens is 366 g/mol. The number of hydrogen-bond acceptors (Lipinski definition) is 4. The van der Waals surface area contributed by atoms with E-state index in [2.05, 4.69) is 10.6 Å². The number of nitrogens with zero attached hydrogens (tertiary/aromatic N) is 1. The number of likely N-dealkylation sites (tertiary alicyclic amines) is 1. The topological polar surface area (TPSA) is 70.7 Å². The summed E-state index contributed by atoms with van der Waals surface area (Å²) in [5.74, 6) is 1.30. The number of halogens is 1. The molecule has 6 nitrogen and oxygen atoms in total. The van der Waals surface area contributed by atoms with Gasteiger partial charge in [0, 0.05) is 26.1 Å². The largest absolute Gasteiger partial charge is 0.493 e. The lowest BCUT2D eigenvalue weighted by Gasteiger charge is -2.32. The molecule has 0 unspecified atom stereocenters. The number of piperidine rings is 1. The Labute approximate surface area is 168 Å². The van der Waals surface area contributed by atoms with Crippen LogP contribution in [0, 0.1) is 5.92 Å². The molecule has 1 aromatic rings. The Morgan fingerprint density at radius 1 is 1.22 bits per heavy atom. The molecule has 2 N–H and O–H groups in total. The molecule has 7 heteroatoms. The minimum atomic E-state index is -0.158. The van der Waals surface area contributed by atoms with Gasteiger partial charge in [-0.1, -0.05) is 12.1 Å². The quantitative estimate of drug-likeness (QED) is 0.628. The first-order chi connectivity index (χ1) is 12.7. The van der Waals surface area contributed by atoms with E-state index in [4.69, 9.17) is 4.74 Å². The Kier molecular flexibility index (Phi) is 10.8. The molecular formula is C20H32ClN3O3. The van der Waals surface area contributed by atoms with Crippen LogP contribution in [0.5, 0.6) is 5.75 Å². The van der Waals surface area contributed by atoms with Crippen molar-refractivity contribution in [3.63, 3.8) is 0 Å². The SMILES string of the molecule is CCOc1ccccc1C(=O)NCCCC(=O)N1CCC(CNC)CC1.Cl. The molecule has 1 aromatic carbocycles. The van der Waals surface area contributed by atoms with Gasteiger partial charge in [-0.3, -0.25) is 9.59 Å². The second kappa shape index (κ2) is 12.6. The maximum absolute atomic E-state index is 12.3. The molecule has 1 saturated heterocycles. The molecule has 1 heterocycles. The van der Waals surface area contributed by atoms with E-state index in [1.54, 1.807) is 12.1 Å². The van der Waals surface area contributed by atoms with Gasteiger partial charge < -0.3 is 20.3 Å². The average Bonchev–Trinajstić information content (AvgIpc) is 2.66. The van der Waals surface area contributed by atoms with Crippen molar-refractivity contribution in [1.29, 1.82) is 0 Å². The lowest BCUT2D eigenvalue weighted by Crippen LogP contribution is -2.40. The molecule has 0 bridgehead atoms. The third-order valence-electron chi connectivity index (χ3n) is 4.74. The molecule has 0 atom stereocenters. The average molecular weight is 398 g/mol. The van der Waals surface area contributed by atoms with Crippen LogP contribution in [0.1, 0.15) is 43.0 Å². The van der Waals surface area contributed by atoms with Crippen LogP contribution in [-0.4, -0.2) is 56.5 Å². The second-order valence-electron chi connectivity index (χ2n) is 6.67. The molecule has 152 valence electrons. The van der Waals surface area contributed by atoms with Crippen molar-refractivity contribution in [2.75, 3.05) is 39.8 Å². The second-order valence-corrected chi connectivity index (χ2v) is 6.67. The number of hydrogen-bond donors (Lipinski definition) is 2. The maximum Gasteiger partial charge on any atom is 0.255 e. The standard InChI is InChI=1S/C20H31N3O3.ClH/c1-3-26-18-8-5-4-7-17(18)20(25)22-12-6-9-19(24)23-13-10-16(11-14-23)15-21-2;/h4-5,7-8,16,21H,3,6,9-15H2,1-2H3,(H,22,25);1H. The molecule has 1 aliphatic rings. The van der Waals surface area contributed by atoms with E-state index in [1.807, 2.05) is 31.0 Å². The number of amides is 2. The number of carbonyl (C=O) groups is 2. The Morgan fingerprint density at radius 3 is 2.59 bits per heavy atom. The van der Waals surface area contributed by atoms with Crippen molar-refractivity contribution in [2.45, 2.75) is 32.6 Å². The van der Waals surface area contributed by atoms with E-state index in [0.29, 0.717) is 43.2 Å². The summed E-state index contributed by atoms with van der Waals surface area (Å²) in [6.45, 7) is 5.61. The highest BCUT2D eigenvalue weighted by molar-refractivity contribution is 5.96. The minimum absolute atomic E-state index is 0. The fourth-order valence-electron chi connectivity index (χ4n) is 3.31. The number of benzene rings is 1. The van der Waals surface area contributed by atoms with Gasteiger partial charge in [-0.2, -0.15) is 0 Å². The van der Waals surface area contributed by atoms with Gasteiger partial charge in [0.15, 0.2) is 0 Å². The Morgan fingerprint density at radius 2 is 1.93 bits per heavy atom. The van der Waals surface area contributed by atoms with Crippen molar-refractivity contribution < 1.29 is 14.3 Å². The van der Waals surface area contributed by atoms with Crippen molar-refractivity contribution >= 4 is 24.2 Å². The summed E-state index contributed by atoms with van der Waals surface area (Å²) in [4.78, 5) is 26.5. The van der Waals surface area contributed by atoms with Gasteiger partial charge in [0.1, 0.15) is 5.75 Å². The molecule has 0 radical (unpaired) electrons. The van der Waals surface area contributed by atoms with Crippen molar-refractivity contribution in [3.8, 4) is 5.75 Å². The van der Waals surface area contributed by atoms with Crippen LogP contribution in [0.3, 0.4) is 0 Å². The van der Waals surface area contributed by atoms with E-state index >= 15 is 0 Å². The van der Waals surface area contributed by atoms with Gasteiger partial charge in [-0.15, -0.1) is 12.4 Å². The molecule has 0 saturated carbocycles. The van der Waals surface area contributed by atoms with Gasteiger partial charge in [0.25, 0.3) is 5.91 Å². The van der Waals surface area contributed by atoms with Crippen molar-refractivity contribution in [1.82, 2.24) is 15.5 Å². The third-order valence-corrected chi connectivity index (χ3v) is 4.74. The maximum atomic E-state index is 12.3. The smallest absolute Gasteiger partial charge is 0.255 e. The summed E-state index contributed by atoms with van der Waals surface area (Å²) in [6, 6.07) is 7.21. The number of nitrogens with one attached hydrogen (secondary N) is 2. The van der Waals surface area contributed by atoms with E-state index in [9.17, 15) is 9.59 Å². The monoisotopic (exact) mass is 397 g/mol. The summed E-state index contributed by atoms with van der Waals surface area (Å²) in [5.41, 5.74) is 0.535. The first kappa shape index (κ1) is 23.2. The summed E-state index contributed by atoms with van der Waals surface area (Å²) >= 11 is 0. The predicted molar refractivity (Wildman–Crippen MR) is 110 cm³/mol. The molecule has 2 amide bonds. The zero-order valence-corrected chi connectivity index (χ0v) is 17.1. The molecule has 0 aliphatic carbocycles. The van der Waals surface area contributed by atoms with Crippen LogP contribution < -0.4 is 15.4 Å². The summed E-state index contributed by atoms with van der Waals surface area (Å²) < 4.78 is 5.48. The first-order valence-electron chi connectivity index (χ1n) is 9.58. The van der Waals surface area contributed by atoms with Crippen molar-refractivity contribution in [3.05, 3.63) is 29.8 Å². The molecule has 27 heavy (non-hydrogen) atoms. The van der Waals surface area contributed by atoms with Crippen LogP contribution in [0.4, 0.5) is 0 Å². The zero-order chi connectivity index (χ0) is 18.8. The summed E-state index contributed by atoms with van der Waals surface area (Å²) in [5, 5.41) is 6.09. The van der Waals surface area contributed by atoms with E-state index in [-0.39, 0.29) is 24.2 Å². The van der Waals surface area contributed by atoms with Gasteiger partial charge in [-0.25, -0.2) is 0 Å². The highest BCUT2D eigenvalue weighted by Gasteiger charge is 2.22. The van der Waals surface area contributed by atoms with Crippen LogP contribution in [0.2, 0.25) is 0 Å². The summed E-state index contributed by atoms with van der Waals surface area (Å²) in [7, 11) is 1.97. The van der Waals surface area contributed by atoms with Crippen LogP contribution in [0.15, 0.2) is 24.3 Å². The Balaban J connectivity index is 0.00000364. The van der Waals surface area contributed by atoms with E-state index < -0.39 is 0 Å². The molecule has 0 aromatic heterocycles. The highest BCUT2D eigenvalue weighted by Crippen LogP contribution is 2.18. The third kappa shape index (κ3) is 7.39. The lowest BCUT2D eigenvalue weighted by molar-refractivity contribution is -0.132. The normalized spacial score (nSPS) is 14.4. The predicted octanol–water partition coefficient (Wildman–Crippen LogP) is 2.48. The molecule has 2 rings (SSSR count). The van der Waals surface area contributed by atoms with Crippen molar-refractivity contribution in [2.24, 2.45) is 5.92 Å². The van der Waals surface area contributed by atoms with E-state index in [0.717, 1.165) is 32.5 Å². The number of rotatable bonds is 9. The Hall–Kier alpha value is -1.79. The fourth-order valence-corrected chi connectivity index (χ4v) is 3.31. The van der Waals surface area contributed by atoms with Crippen LogP contribution >= 0.6 is 12.4 Å². The van der Waals surface area contributed by atoms with Crippen LogP contribution in [0.25, 0.3) is 0 Å². The van der Waals surface area contributed by atoms with Gasteiger partial charge in [0.05, 0.1) is 12.2 Å². The minimum Gasteiger partial charge on any atom is -0.493 e. The first-order valence-corrected chi connectivity index (χ1v) is 9.58. The fraction of sp³-hybridized carbons (Fsp3) is 0.600. The Bertz CT molecular complexity index is 590. The number of para-hydroxylation sites is 1. The molecule has 1 fully saturated rings. The van der Waals surface area contributed by atoms with Crippen LogP contribution in [-0.2, 0) is 4.79 Å². The zero-order valence-electron chi connectivity index (χ0n) is 16.3. The van der Waals surface area contributed by atoms with E-state index in [1.165, 1.54) is 0 Å². The molecule has 1 aliphatic heterocycles. The van der Waals surface area contributed by atoms with Gasteiger partial charge in [-0.05, 0) is 57.8 Å². The highest BCUT2D eigenvalue weighted by atomic mass is 35.5. The molecule has 0 spiro atoms. The summed E-state index contributed by atoms with van der Waals surface area (Å²) in [6.07, 6.45) is 3.26. The number of carbonyl (C=O) groups excluding carboxylic acids is 2. The van der Waals surface area contributed by atoms with Gasteiger partial charge in [0.2, 0.25) is 5.91 Å². The lowest BCUT2D eigenvalue weighted by atomic mass is 9.96. The number of ether oxygens (including phenoxy) is 1. The van der Waals surface area contributed by atoms with Gasteiger partial charge >= 0.3 is 0 Å².